The molecule has 170 valence electrons. The Morgan fingerprint density at radius 2 is 0.886 bits per heavy atom. The van der Waals surface area contributed by atoms with E-state index in [0.717, 1.165) is 17.1 Å². The molecule has 0 radical (unpaired) electrons. The molecule has 0 saturated heterocycles. The number of nitrogens with zero attached hydrogens (tertiary/aromatic N) is 1. The summed E-state index contributed by atoms with van der Waals surface area (Å²) in [6, 6.07) is 42.6. The van der Waals surface area contributed by atoms with E-state index in [2.05, 4.69) is 145 Å². The molecule has 0 saturated carbocycles. The molecule has 0 spiro atoms. The zero-order valence-corrected chi connectivity index (χ0v) is 20.5. The topological polar surface area (TPSA) is 3.24 Å². The molecule has 0 aliphatic carbocycles. The predicted octanol–water partition coefficient (Wildman–Crippen LogP) is 9.87. The van der Waals surface area contributed by atoms with E-state index in [4.69, 9.17) is 0 Å². The summed E-state index contributed by atoms with van der Waals surface area (Å²) in [7, 11) is 0. The Labute approximate surface area is 212 Å². The fraction of sp³-hybridized carbons (Fsp3) is 0.0303. The average Bonchev–Trinajstić information content (AvgIpc) is 3.34. The molecule has 35 heavy (non-hydrogen) atoms. The van der Waals surface area contributed by atoms with Gasteiger partial charge in [-0.3, -0.25) is 0 Å². The number of aryl methyl sites for hydroxylation is 1. The Morgan fingerprint density at radius 3 is 1.34 bits per heavy atom. The van der Waals surface area contributed by atoms with Gasteiger partial charge in [-0.15, -0.1) is 11.3 Å². The quantitative estimate of drug-likeness (QED) is 0.214. The Hall–Kier alpha value is -4.14. The molecule has 1 aromatic heterocycles. The highest BCUT2D eigenvalue weighted by Crippen LogP contribution is 2.34. The summed E-state index contributed by atoms with van der Waals surface area (Å²) in [6.45, 7) is 2.14. The van der Waals surface area contributed by atoms with Crippen LogP contribution in [0.15, 0.2) is 121 Å². The van der Waals surface area contributed by atoms with Crippen molar-refractivity contribution in [1.82, 2.24) is 0 Å². The molecule has 0 amide bonds. The molecule has 4 aromatic carbocycles. The number of para-hydroxylation sites is 2. The Balaban J connectivity index is 1.30. The van der Waals surface area contributed by atoms with Crippen LogP contribution in [-0.2, 0) is 0 Å². The molecule has 0 fully saturated rings. The van der Waals surface area contributed by atoms with Crippen LogP contribution in [0.2, 0.25) is 0 Å². The van der Waals surface area contributed by atoms with Crippen molar-refractivity contribution in [3.63, 3.8) is 0 Å². The molecule has 2 heteroatoms. The fourth-order valence-corrected chi connectivity index (χ4v) is 4.75. The minimum absolute atomic E-state index is 1.14. The van der Waals surface area contributed by atoms with Gasteiger partial charge in [-0.05, 0) is 78.2 Å². The number of anilines is 3. The molecule has 0 aliphatic rings. The molecule has 1 heterocycles. The summed E-state index contributed by atoms with van der Waals surface area (Å²) in [4.78, 5) is 4.90. The van der Waals surface area contributed by atoms with Gasteiger partial charge in [-0.1, -0.05) is 91.0 Å². The van der Waals surface area contributed by atoms with Crippen LogP contribution in [0.25, 0.3) is 24.3 Å². The molecular weight excluding hydrogens is 442 g/mol. The fourth-order valence-electron chi connectivity index (χ4n) is 3.97. The maximum Gasteiger partial charge on any atom is 0.0462 e. The van der Waals surface area contributed by atoms with Gasteiger partial charge in [0.05, 0.1) is 0 Å². The number of benzene rings is 4. The van der Waals surface area contributed by atoms with Crippen molar-refractivity contribution in [2.75, 3.05) is 4.90 Å². The Bertz CT molecular complexity index is 1370. The molecular formula is C33H27NS. The van der Waals surface area contributed by atoms with E-state index in [0.29, 0.717) is 0 Å². The molecule has 0 aliphatic heterocycles. The second-order valence-electron chi connectivity index (χ2n) is 8.38. The third kappa shape index (κ3) is 5.87. The zero-order chi connectivity index (χ0) is 23.9. The van der Waals surface area contributed by atoms with Gasteiger partial charge >= 0.3 is 0 Å². The normalized spacial score (nSPS) is 11.3. The largest absolute Gasteiger partial charge is 0.311 e. The van der Waals surface area contributed by atoms with Gasteiger partial charge in [-0.2, -0.15) is 0 Å². The Kier molecular flexibility index (Phi) is 7.02. The lowest BCUT2D eigenvalue weighted by atomic mass is 10.1. The number of hydrogen-bond donors (Lipinski definition) is 0. The SMILES string of the molecule is Cc1ccc(C=Cc2ccc(C=Cc3ccc(N(c4ccccc4)c4ccccc4)cc3)cc2)s1. The van der Waals surface area contributed by atoms with Crippen molar-refractivity contribution in [3.8, 4) is 0 Å². The molecule has 5 rings (SSSR count). The third-order valence-electron chi connectivity index (χ3n) is 5.79. The highest BCUT2D eigenvalue weighted by Gasteiger charge is 2.11. The minimum Gasteiger partial charge on any atom is -0.311 e. The van der Waals surface area contributed by atoms with Gasteiger partial charge in [0.1, 0.15) is 0 Å². The molecule has 1 nitrogen and oxygen atoms in total. The Morgan fingerprint density at radius 1 is 0.457 bits per heavy atom. The van der Waals surface area contributed by atoms with E-state index in [1.807, 2.05) is 23.5 Å². The van der Waals surface area contributed by atoms with Crippen LogP contribution in [0.1, 0.15) is 26.4 Å². The van der Waals surface area contributed by atoms with E-state index >= 15 is 0 Å². The lowest BCUT2D eigenvalue weighted by Gasteiger charge is -2.25. The first-order chi connectivity index (χ1) is 17.2. The highest BCUT2D eigenvalue weighted by molar-refractivity contribution is 7.12. The van der Waals surface area contributed by atoms with E-state index < -0.39 is 0 Å². The van der Waals surface area contributed by atoms with Crippen molar-refractivity contribution >= 4 is 52.7 Å². The van der Waals surface area contributed by atoms with Crippen LogP contribution in [0.4, 0.5) is 17.1 Å². The third-order valence-corrected chi connectivity index (χ3v) is 6.75. The first-order valence-electron chi connectivity index (χ1n) is 11.8. The lowest BCUT2D eigenvalue weighted by Crippen LogP contribution is -2.09. The maximum absolute atomic E-state index is 2.28. The van der Waals surface area contributed by atoms with Gasteiger partial charge in [0.2, 0.25) is 0 Å². The van der Waals surface area contributed by atoms with Crippen LogP contribution < -0.4 is 4.90 Å². The van der Waals surface area contributed by atoms with Gasteiger partial charge in [0.25, 0.3) is 0 Å². The molecule has 5 aromatic rings. The van der Waals surface area contributed by atoms with Crippen molar-refractivity contribution in [2.24, 2.45) is 0 Å². The van der Waals surface area contributed by atoms with Crippen LogP contribution in [-0.4, -0.2) is 0 Å². The molecule has 0 atom stereocenters. The summed E-state index contributed by atoms with van der Waals surface area (Å²) >= 11 is 1.81. The first kappa shape index (κ1) is 22.6. The predicted molar refractivity (Wildman–Crippen MR) is 154 cm³/mol. The van der Waals surface area contributed by atoms with E-state index in [1.54, 1.807) is 0 Å². The number of thiophene rings is 1. The summed E-state index contributed by atoms with van der Waals surface area (Å²) in [5.41, 5.74) is 6.99. The van der Waals surface area contributed by atoms with Crippen LogP contribution in [0.3, 0.4) is 0 Å². The summed E-state index contributed by atoms with van der Waals surface area (Å²) < 4.78 is 0. The number of rotatable bonds is 7. The minimum atomic E-state index is 1.14. The molecule has 0 unspecified atom stereocenters. The van der Waals surface area contributed by atoms with Crippen molar-refractivity contribution in [2.45, 2.75) is 6.92 Å². The van der Waals surface area contributed by atoms with Crippen molar-refractivity contribution in [1.29, 1.82) is 0 Å². The molecule has 0 bridgehead atoms. The zero-order valence-electron chi connectivity index (χ0n) is 19.7. The maximum atomic E-state index is 2.28. The summed E-state index contributed by atoms with van der Waals surface area (Å²) in [5, 5.41) is 0. The van der Waals surface area contributed by atoms with Crippen LogP contribution in [0.5, 0.6) is 0 Å². The van der Waals surface area contributed by atoms with Crippen molar-refractivity contribution in [3.05, 3.63) is 148 Å². The monoisotopic (exact) mass is 469 g/mol. The van der Waals surface area contributed by atoms with E-state index in [9.17, 15) is 0 Å². The second-order valence-corrected chi connectivity index (χ2v) is 9.70. The second kappa shape index (κ2) is 10.9. The van der Waals surface area contributed by atoms with Gasteiger partial charge in [0.15, 0.2) is 0 Å². The molecule has 0 N–H and O–H groups in total. The average molecular weight is 470 g/mol. The number of hydrogen-bond acceptors (Lipinski definition) is 2. The van der Waals surface area contributed by atoms with Gasteiger partial charge in [-0.25, -0.2) is 0 Å². The summed E-state index contributed by atoms with van der Waals surface area (Å²) in [6.07, 6.45) is 8.68. The van der Waals surface area contributed by atoms with E-state index in [-0.39, 0.29) is 0 Å². The highest BCUT2D eigenvalue weighted by atomic mass is 32.1. The van der Waals surface area contributed by atoms with Gasteiger partial charge in [0, 0.05) is 26.8 Å². The van der Waals surface area contributed by atoms with Gasteiger partial charge < -0.3 is 4.90 Å². The standard InChI is InChI=1S/C33H27NS/c1-26-12-24-33(35-26)25-21-28-16-13-27(14-17-28)15-18-29-19-22-32(23-20-29)34(30-8-4-2-5-9-30)31-10-6-3-7-11-31/h2-25H,1H3. The van der Waals surface area contributed by atoms with Crippen LogP contribution >= 0.6 is 11.3 Å². The van der Waals surface area contributed by atoms with Crippen molar-refractivity contribution < 1.29 is 0 Å². The summed E-state index contributed by atoms with van der Waals surface area (Å²) in [5.74, 6) is 0. The first-order valence-corrected chi connectivity index (χ1v) is 12.6. The van der Waals surface area contributed by atoms with E-state index in [1.165, 1.54) is 26.4 Å². The smallest absolute Gasteiger partial charge is 0.0462 e. The lowest BCUT2D eigenvalue weighted by molar-refractivity contribution is 1.28. The van der Waals surface area contributed by atoms with Crippen LogP contribution in [0, 0.1) is 6.92 Å².